The molecular weight excluding hydrogens is 200 g/mol. The molecule has 0 spiro atoms. The van der Waals surface area contributed by atoms with E-state index >= 15 is 0 Å². The van der Waals surface area contributed by atoms with Gasteiger partial charge in [0.1, 0.15) is 0 Å². The molecule has 4 heteroatoms. The molecule has 82 valence electrons. The lowest BCUT2D eigenvalue weighted by molar-refractivity contribution is 0.295. The van der Waals surface area contributed by atoms with Crippen molar-refractivity contribution in [1.29, 1.82) is 0 Å². The standard InChI is InChI=1S/C6H6.C3H8O.CH4O2S/c1-2-4-6-5-3-1;1-2-3-4;1-4(2)3/h1-6H;4H,2-3H2,1H3;1H3,(H,2,3)/p-1. The molecule has 0 aliphatic carbocycles. The zero-order valence-corrected chi connectivity index (χ0v) is 9.37. The highest BCUT2D eigenvalue weighted by molar-refractivity contribution is 7.78. The van der Waals surface area contributed by atoms with Crippen molar-refractivity contribution >= 4 is 11.1 Å². The van der Waals surface area contributed by atoms with Gasteiger partial charge in [-0.25, -0.2) is 0 Å². The predicted octanol–water partition coefficient (Wildman–Crippen LogP) is 1.57. The summed E-state index contributed by atoms with van der Waals surface area (Å²) in [7, 11) is 0. The largest absolute Gasteiger partial charge is 0.773 e. The van der Waals surface area contributed by atoms with Crippen molar-refractivity contribution in [2.75, 3.05) is 12.9 Å². The molecule has 0 aliphatic rings. The van der Waals surface area contributed by atoms with Gasteiger partial charge in [-0.2, -0.15) is 0 Å². The minimum absolute atomic E-state index is 0.319. The van der Waals surface area contributed by atoms with Crippen LogP contribution in [0.25, 0.3) is 0 Å². The molecule has 0 bridgehead atoms. The molecule has 1 aromatic rings. The third-order valence-corrected chi connectivity index (χ3v) is 0.890. The number of aliphatic hydroxyl groups is 1. The molecule has 0 saturated carbocycles. The monoisotopic (exact) mass is 217 g/mol. The molecule has 14 heavy (non-hydrogen) atoms. The SMILES string of the molecule is CCCO.CS(=O)[O-].c1ccccc1. The second kappa shape index (κ2) is 14.8. The van der Waals surface area contributed by atoms with Crippen LogP contribution >= 0.6 is 0 Å². The van der Waals surface area contributed by atoms with Gasteiger partial charge in [0.2, 0.25) is 0 Å². The summed E-state index contributed by atoms with van der Waals surface area (Å²) in [5, 5.41) is 7.88. The molecule has 1 N–H and O–H groups in total. The van der Waals surface area contributed by atoms with Crippen molar-refractivity contribution in [2.24, 2.45) is 0 Å². The Kier molecular flexibility index (Phi) is 16.6. The first-order valence-corrected chi connectivity index (χ1v) is 5.75. The van der Waals surface area contributed by atoms with Crippen LogP contribution < -0.4 is 0 Å². The van der Waals surface area contributed by atoms with E-state index in [0.717, 1.165) is 12.7 Å². The summed E-state index contributed by atoms with van der Waals surface area (Å²) in [5.41, 5.74) is 0. The average Bonchev–Trinajstić information content (AvgIpc) is 2.20. The fourth-order valence-corrected chi connectivity index (χ4v) is 0.385. The van der Waals surface area contributed by atoms with Gasteiger partial charge >= 0.3 is 0 Å². The minimum atomic E-state index is -1.86. The molecule has 0 aliphatic heterocycles. The first-order chi connectivity index (χ1) is 6.65. The molecule has 1 rings (SSSR count). The summed E-state index contributed by atoms with van der Waals surface area (Å²) >= 11 is -1.86. The number of benzene rings is 1. The Labute approximate surface area is 88.1 Å². The van der Waals surface area contributed by atoms with Crippen LogP contribution in [0.2, 0.25) is 0 Å². The number of aliphatic hydroxyl groups excluding tert-OH is 1. The maximum atomic E-state index is 9.00. The van der Waals surface area contributed by atoms with E-state index in [4.69, 9.17) is 13.9 Å². The highest BCUT2D eigenvalue weighted by Crippen LogP contribution is 1.79. The van der Waals surface area contributed by atoms with Gasteiger partial charge in [-0.05, 0) is 12.7 Å². The van der Waals surface area contributed by atoms with Gasteiger partial charge in [0.05, 0.1) is 0 Å². The first kappa shape index (κ1) is 15.7. The smallest absolute Gasteiger partial charge is 0.0428 e. The Morgan fingerprint density at radius 3 is 1.36 bits per heavy atom. The van der Waals surface area contributed by atoms with Crippen LogP contribution in [-0.4, -0.2) is 26.7 Å². The molecule has 1 aromatic carbocycles. The van der Waals surface area contributed by atoms with E-state index in [-0.39, 0.29) is 0 Å². The molecule has 0 fully saturated rings. The van der Waals surface area contributed by atoms with Crippen LogP contribution in [0.3, 0.4) is 0 Å². The molecule has 0 radical (unpaired) electrons. The fraction of sp³-hybridized carbons (Fsp3) is 0.400. The summed E-state index contributed by atoms with van der Waals surface area (Å²) in [6.45, 7) is 2.25. The van der Waals surface area contributed by atoms with E-state index < -0.39 is 11.1 Å². The Bertz CT molecular complexity index is 169. The number of hydrogen-bond donors (Lipinski definition) is 1. The van der Waals surface area contributed by atoms with Crippen LogP contribution in [0, 0.1) is 0 Å². The summed E-state index contributed by atoms with van der Waals surface area (Å²) < 4.78 is 18.0. The van der Waals surface area contributed by atoms with Crippen molar-refractivity contribution in [1.82, 2.24) is 0 Å². The molecule has 3 nitrogen and oxygen atoms in total. The highest BCUT2D eigenvalue weighted by Gasteiger charge is 1.58. The highest BCUT2D eigenvalue weighted by atomic mass is 32.2. The zero-order chi connectivity index (χ0) is 11.2. The first-order valence-electron chi connectivity index (χ1n) is 4.26. The third kappa shape index (κ3) is 30.2. The van der Waals surface area contributed by atoms with Gasteiger partial charge in [0.25, 0.3) is 0 Å². The predicted molar refractivity (Wildman–Crippen MR) is 58.7 cm³/mol. The lowest BCUT2D eigenvalue weighted by Gasteiger charge is -1.85. The number of rotatable bonds is 1. The van der Waals surface area contributed by atoms with E-state index in [1.54, 1.807) is 0 Å². The maximum absolute atomic E-state index is 9.00. The molecule has 0 saturated heterocycles. The molecule has 1 atom stereocenters. The summed E-state index contributed by atoms with van der Waals surface area (Å²) in [6, 6.07) is 12.0. The molecule has 0 amide bonds. The fourth-order valence-electron chi connectivity index (χ4n) is 0.385. The molecule has 0 heterocycles. The maximum Gasteiger partial charge on any atom is 0.0428 e. The van der Waals surface area contributed by atoms with Crippen LogP contribution in [0.5, 0.6) is 0 Å². The molecule has 1 unspecified atom stereocenters. The Hall–Kier alpha value is -0.710. The average molecular weight is 217 g/mol. The quantitative estimate of drug-likeness (QED) is 0.726. The summed E-state index contributed by atoms with van der Waals surface area (Å²) in [4.78, 5) is 0. The second-order valence-corrected chi connectivity index (χ2v) is 3.08. The number of hydrogen-bond acceptors (Lipinski definition) is 3. The van der Waals surface area contributed by atoms with Gasteiger partial charge in [-0.1, -0.05) is 54.4 Å². The van der Waals surface area contributed by atoms with Gasteiger partial charge in [0.15, 0.2) is 0 Å². The normalized spacial score (nSPS) is 10.0. The van der Waals surface area contributed by atoms with Crippen molar-refractivity contribution < 1.29 is 13.9 Å². The lowest BCUT2D eigenvalue weighted by atomic mass is 10.4. The van der Waals surface area contributed by atoms with Gasteiger partial charge in [0, 0.05) is 6.61 Å². The van der Waals surface area contributed by atoms with Crippen LogP contribution in [0.1, 0.15) is 13.3 Å². The Balaban J connectivity index is 0. The van der Waals surface area contributed by atoms with Gasteiger partial charge in [-0.15, -0.1) is 0 Å². The van der Waals surface area contributed by atoms with Crippen LogP contribution in [-0.2, 0) is 11.1 Å². The van der Waals surface area contributed by atoms with Crippen molar-refractivity contribution in [3.05, 3.63) is 36.4 Å². The van der Waals surface area contributed by atoms with Crippen LogP contribution in [0.15, 0.2) is 36.4 Å². The molecular formula is C10H17O3S-. The third-order valence-electron chi connectivity index (χ3n) is 0.890. The van der Waals surface area contributed by atoms with Gasteiger partial charge in [-0.3, -0.25) is 4.21 Å². The zero-order valence-electron chi connectivity index (χ0n) is 8.55. The van der Waals surface area contributed by atoms with E-state index in [0.29, 0.717) is 6.61 Å². The summed E-state index contributed by atoms with van der Waals surface area (Å²) in [5.74, 6) is 0. The molecule has 0 aromatic heterocycles. The Morgan fingerprint density at radius 2 is 1.29 bits per heavy atom. The van der Waals surface area contributed by atoms with Gasteiger partial charge < -0.3 is 9.66 Å². The Morgan fingerprint density at radius 1 is 1.14 bits per heavy atom. The lowest BCUT2D eigenvalue weighted by Crippen LogP contribution is -1.73. The van der Waals surface area contributed by atoms with E-state index in [1.807, 2.05) is 43.3 Å². The van der Waals surface area contributed by atoms with Crippen LogP contribution in [0.4, 0.5) is 0 Å². The minimum Gasteiger partial charge on any atom is -0.773 e. The van der Waals surface area contributed by atoms with E-state index in [1.165, 1.54) is 0 Å². The second-order valence-electron chi connectivity index (χ2n) is 2.28. The van der Waals surface area contributed by atoms with Crippen molar-refractivity contribution in [2.45, 2.75) is 13.3 Å². The van der Waals surface area contributed by atoms with E-state index in [2.05, 4.69) is 0 Å². The summed E-state index contributed by atoms with van der Waals surface area (Å²) in [6.07, 6.45) is 1.96. The van der Waals surface area contributed by atoms with Crippen molar-refractivity contribution in [3.63, 3.8) is 0 Å². The van der Waals surface area contributed by atoms with Crippen molar-refractivity contribution in [3.8, 4) is 0 Å². The van der Waals surface area contributed by atoms with E-state index in [9.17, 15) is 0 Å². The topological polar surface area (TPSA) is 60.4 Å².